The van der Waals surface area contributed by atoms with Gasteiger partial charge in [0.15, 0.2) is 6.10 Å². The summed E-state index contributed by atoms with van der Waals surface area (Å²) in [7, 11) is -4.39. The van der Waals surface area contributed by atoms with Gasteiger partial charge in [-0.3, -0.25) is 9.35 Å². The number of ether oxygens (including phenoxy) is 2. The zero-order chi connectivity index (χ0) is 26.6. The second-order valence-corrected chi connectivity index (χ2v) is 11.7. The van der Waals surface area contributed by atoms with Crippen LogP contribution in [0.3, 0.4) is 0 Å². The van der Waals surface area contributed by atoms with Gasteiger partial charge in [0.2, 0.25) is 0 Å². The first kappa shape index (κ1) is 24.8. The Hall–Kier alpha value is -3.49. The smallest absolute Gasteiger partial charge is 0.352 e. The van der Waals surface area contributed by atoms with E-state index in [2.05, 4.69) is 24.3 Å². The van der Waals surface area contributed by atoms with Crippen LogP contribution < -0.4 is 4.74 Å². The van der Waals surface area contributed by atoms with Crippen molar-refractivity contribution in [3.8, 4) is 5.75 Å². The Morgan fingerprint density at radius 3 is 2.05 bits per heavy atom. The molecular weight excluding hydrogens is 504 g/mol. The predicted molar refractivity (Wildman–Crippen MR) is 139 cm³/mol. The monoisotopic (exact) mass is 532 g/mol. The van der Waals surface area contributed by atoms with Crippen LogP contribution in [0.5, 0.6) is 5.75 Å². The van der Waals surface area contributed by atoms with E-state index in [1.54, 1.807) is 0 Å². The molecule has 2 unspecified atom stereocenters. The molecule has 0 saturated heterocycles. The lowest BCUT2D eigenvalue weighted by atomic mass is 9.59. The van der Waals surface area contributed by atoms with Gasteiger partial charge in [-0.05, 0) is 84.5 Å². The van der Waals surface area contributed by atoms with Gasteiger partial charge >= 0.3 is 11.9 Å². The van der Waals surface area contributed by atoms with Gasteiger partial charge < -0.3 is 9.47 Å². The van der Waals surface area contributed by atoms with E-state index in [4.69, 9.17) is 9.47 Å². The fraction of sp³-hybridized carbons (Fsp3) is 0.333. The molecule has 2 bridgehead atoms. The van der Waals surface area contributed by atoms with Gasteiger partial charge in [0.1, 0.15) is 5.75 Å². The summed E-state index contributed by atoms with van der Waals surface area (Å²) in [6.45, 7) is 1.49. The molecule has 0 amide bonds. The maximum Gasteiger partial charge on any atom is 0.352 e. The van der Waals surface area contributed by atoms with E-state index >= 15 is 0 Å². The Morgan fingerprint density at radius 2 is 1.45 bits per heavy atom. The highest BCUT2D eigenvalue weighted by Gasteiger charge is 2.47. The Bertz CT molecular complexity index is 1510. The summed E-state index contributed by atoms with van der Waals surface area (Å²) in [4.78, 5) is 26.3. The molecule has 0 saturated carbocycles. The minimum Gasteiger partial charge on any atom is -0.450 e. The number of carbonyl (C=O) groups excluding carboxylic acids is 2. The molecule has 4 aliphatic rings. The zero-order valence-electron chi connectivity index (χ0n) is 20.9. The molecule has 0 aliphatic heterocycles. The third-order valence-electron chi connectivity index (χ3n) is 8.17. The van der Waals surface area contributed by atoms with E-state index in [9.17, 15) is 22.6 Å². The fourth-order valence-corrected chi connectivity index (χ4v) is 7.28. The molecule has 38 heavy (non-hydrogen) atoms. The molecule has 8 heteroatoms. The van der Waals surface area contributed by atoms with Gasteiger partial charge in [0.05, 0.1) is 10.8 Å². The van der Waals surface area contributed by atoms with Crippen LogP contribution >= 0.6 is 0 Å². The summed E-state index contributed by atoms with van der Waals surface area (Å²) in [5, 5.41) is 0. The third kappa shape index (κ3) is 4.12. The largest absolute Gasteiger partial charge is 0.450 e. The van der Waals surface area contributed by atoms with Gasteiger partial charge in [-0.2, -0.15) is 8.42 Å². The standard InChI is InChI=1S/C30H28O7S/c1-17(29(31)37-26-14-15-27(38(33,34)35)21-11-5-4-10-20(21)26)36-30(32)25-16-24-18-8-2-6-12-22(18)28(25)23-13-7-3-9-19(23)24/h2-3,6-9,12-15,17,24-25,28H,4-5,10-11,16H2,1H3,(H,33,34,35). The van der Waals surface area contributed by atoms with Crippen molar-refractivity contribution in [2.45, 2.75) is 61.9 Å². The molecule has 0 heterocycles. The molecule has 0 aromatic heterocycles. The topological polar surface area (TPSA) is 107 Å². The first-order chi connectivity index (χ1) is 18.2. The van der Waals surface area contributed by atoms with Gasteiger partial charge in [-0.1, -0.05) is 48.5 Å². The summed E-state index contributed by atoms with van der Waals surface area (Å²) in [6.07, 6.45) is 2.05. The molecule has 0 spiro atoms. The van der Waals surface area contributed by atoms with Gasteiger partial charge in [-0.15, -0.1) is 0 Å². The van der Waals surface area contributed by atoms with Crippen molar-refractivity contribution in [1.82, 2.24) is 0 Å². The van der Waals surface area contributed by atoms with Crippen LogP contribution in [-0.4, -0.2) is 31.0 Å². The maximum atomic E-state index is 13.4. The summed E-state index contributed by atoms with van der Waals surface area (Å²) in [6, 6.07) is 19.0. The van der Waals surface area contributed by atoms with E-state index in [0.29, 0.717) is 30.4 Å². The molecule has 2 atom stereocenters. The minimum atomic E-state index is -4.39. The average Bonchev–Trinajstić information content (AvgIpc) is 2.92. The predicted octanol–water partition coefficient (Wildman–Crippen LogP) is 4.95. The molecule has 1 N–H and O–H groups in total. The second kappa shape index (κ2) is 9.36. The quantitative estimate of drug-likeness (QED) is 0.282. The number of hydrogen-bond acceptors (Lipinski definition) is 6. The average molecular weight is 533 g/mol. The van der Waals surface area contributed by atoms with Crippen LogP contribution in [0.2, 0.25) is 0 Å². The van der Waals surface area contributed by atoms with Gasteiger partial charge in [0.25, 0.3) is 10.1 Å². The van der Waals surface area contributed by atoms with E-state index in [1.165, 1.54) is 30.2 Å². The van der Waals surface area contributed by atoms with Crippen LogP contribution in [0.15, 0.2) is 65.6 Å². The third-order valence-corrected chi connectivity index (χ3v) is 9.11. The summed E-state index contributed by atoms with van der Waals surface area (Å²) >= 11 is 0. The second-order valence-electron chi connectivity index (χ2n) is 10.3. The Kier molecular flexibility index (Phi) is 6.12. The molecule has 0 fully saturated rings. The van der Waals surface area contributed by atoms with Crippen molar-refractivity contribution in [2.24, 2.45) is 5.92 Å². The number of benzene rings is 3. The normalized spacial score (nSPS) is 22.0. The zero-order valence-corrected chi connectivity index (χ0v) is 21.7. The van der Waals surface area contributed by atoms with Crippen molar-refractivity contribution in [2.75, 3.05) is 0 Å². The van der Waals surface area contributed by atoms with Crippen molar-refractivity contribution in [3.63, 3.8) is 0 Å². The highest BCUT2D eigenvalue weighted by Crippen LogP contribution is 2.55. The molecule has 196 valence electrons. The molecular formula is C30H28O7S. The number of carbonyl (C=O) groups is 2. The SMILES string of the molecule is CC(OC(=O)C1CC2c3ccccc3C1c1ccccc12)C(=O)Oc1ccc(S(=O)(=O)O)c2c1CCCC2. The highest BCUT2D eigenvalue weighted by molar-refractivity contribution is 7.85. The van der Waals surface area contributed by atoms with Crippen molar-refractivity contribution in [1.29, 1.82) is 0 Å². The highest BCUT2D eigenvalue weighted by atomic mass is 32.2. The first-order valence-electron chi connectivity index (χ1n) is 13.0. The van der Waals surface area contributed by atoms with Crippen LogP contribution in [0, 0.1) is 5.92 Å². The van der Waals surface area contributed by atoms with Crippen LogP contribution in [0.25, 0.3) is 0 Å². The molecule has 0 radical (unpaired) electrons. The van der Waals surface area contributed by atoms with Crippen LogP contribution in [-0.2, 0) is 37.3 Å². The van der Waals surface area contributed by atoms with Gasteiger partial charge in [0, 0.05) is 11.8 Å². The summed E-state index contributed by atoms with van der Waals surface area (Å²) in [5.41, 5.74) is 5.81. The van der Waals surface area contributed by atoms with Crippen LogP contribution in [0.4, 0.5) is 0 Å². The van der Waals surface area contributed by atoms with E-state index in [1.807, 2.05) is 24.3 Å². The molecule has 3 aromatic carbocycles. The van der Waals surface area contributed by atoms with Crippen molar-refractivity contribution < 1.29 is 32.0 Å². The summed E-state index contributed by atoms with van der Waals surface area (Å²) < 4.78 is 44.5. The maximum absolute atomic E-state index is 13.4. The van der Waals surface area contributed by atoms with E-state index < -0.39 is 34.1 Å². The van der Waals surface area contributed by atoms with Crippen molar-refractivity contribution in [3.05, 3.63) is 94.0 Å². The number of hydrogen-bond donors (Lipinski definition) is 1. The van der Waals surface area contributed by atoms with Crippen molar-refractivity contribution >= 4 is 22.1 Å². The number of esters is 2. The fourth-order valence-electron chi connectivity index (χ4n) is 6.51. The van der Waals surface area contributed by atoms with E-state index in [0.717, 1.165) is 24.0 Å². The Morgan fingerprint density at radius 1 is 0.868 bits per heavy atom. The minimum absolute atomic E-state index is 0.0973. The number of fused-ring (bicyclic) bond motifs is 2. The lowest BCUT2D eigenvalue weighted by Gasteiger charge is -2.44. The Balaban J connectivity index is 1.22. The number of rotatable bonds is 5. The molecule has 3 aromatic rings. The molecule has 4 aliphatic carbocycles. The summed E-state index contributed by atoms with van der Waals surface area (Å²) in [5.74, 6) is -1.38. The molecule has 7 rings (SSSR count). The lowest BCUT2D eigenvalue weighted by molar-refractivity contribution is -0.165. The molecule has 7 nitrogen and oxygen atoms in total. The van der Waals surface area contributed by atoms with Gasteiger partial charge in [-0.25, -0.2) is 4.79 Å². The Labute approximate surface area is 221 Å². The van der Waals surface area contributed by atoms with E-state index in [-0.39, 0.29) is 22.5 Å². The van der Waals surface area contributed by atoms with Crippen LogP contribution in [0.1, 0.15) is 71.4 Å². The first-order valence-corrected chi connectivity index (χ1v) is 14.4. The lowest BCUT2D eigenvalue weighted by Crippen LogP contribution is -2.39.